The Labute approximate surface area is 173 Å². The van der Waals surface area contributed by atoms with Crippen LogP contribution >= 0.6 is 27.5 Å². The number of halogens is 2. The Balaban J connectivity index is 2.08. The first kappa shape index (κ1) is 20.3. The number of alkyl halides is 1. The third-order valence-corrected chi connectivity index (χ3v) is 6.62. The van der Waals surface area contributed by atoms with Gasteiger partial charge in [0, 0.05) is 29.3 Å². The van der Waals surface area contributed by atoms with Crippen molar-refractivity contribution in [2.24, 2.45) is 0 Å². The summed E-state index contributed by atoms with van der Waals surface area (Å²) in [6, 6.07) is 14.8. The summed E-state index contributed by atoms with van der Waals surface area (Å²) in [5.41, 5.74) is 2.48. The van der Waals surface area contributed by atoms with Crippen molar-refractivity contribution in [3.8, 4) is 0 Å². The second kappa shape index (κ2) is 8.31. The highest BCUT2D eigenvalue weighted by atomic mass is 79.9. The van der Waals surface area contributed by atoms with Crippen molar-refractivity contribution >= 4 is 49.1 Å². The number of sulfonamides is 1. The predicted octanol–water partition coefficient (Wildman–Crippen LogP) is 3.41. The summed E-state index contributed by atoms with van der Waals surface area (Å²) in [5.74, 6) is -0.402. The smallest absolute Gasteiger partial charge is 0.241 e. The van der Waals surface area contributed by atoms with Crippen molar-refractivity contribution in [2.45, 2.75) is 19.0 Å². The molecule has 0 fully saturated rings. The first-order chi connectivity index (χ1) is 12.8. The van der Waals surface area contributed by atoms with Crippen LogP contribution in [0.15, 0.2) is 53.0 Å². The zero-order chi connectivity index (χ0) is 19.6. The number of hydrogen-bond donors (Lipinski definition) is 0. The lowest BCUT2D eigenvalue weighted by molar-refractivity contribution is -0.116. The van der Waals surface area contributed by atoms with Gasteiger partial charge in [-0.15, -0.1) is 11.6 Å². The third kappa shape index (κ3) is 4.71. The lowest BCUT2D eigenvalue weighted by Gasteiger charge is -2.30. The summed E-state index contributed by atoms with van der Waals surface area (Å²) in [7, 11) is -3.48. The minimum atomic E-state index is -3.48. The Morgan fingerprint density at radius 1 is 1.22 bits per heavy atom. The molecule has 5 nitrogen and oxygen atoms in total. The van der Waals surface area contributed by atoms with Crippen LogP contribution < -0.4 is 4.90 Å². The van der Waals surface area contributed by atoms with E-state index in [9.17, 15) is 13.2 Å². The quantitative estimate of drug-likeness (QED) is 0.642. The van der Waals surface area contributed by atoms with Crippen LogP contribution in [0.3, 0.4) is 0 Å². The number of hydrogen-bond acceptors (Lipinski definition) is 3. The molecule has 0 aliphatic carbocycles. The number of carbonyl (C=O) groups is 1. The molecular weight excluding hydrogens is 452 g/mol. The van der Waals surface area contributed by atoms with Gasteiger partial charge in [-0.05, 0) is 35.7 Å². The molecule has 0 radical (unpaired) electrons. The van der Waals surface area contributed by atoms with Gasteiger partial charge in [0.2, 0.25) is 15.9 Å². The summed E-state index contributed by atoms with van der Waals surface area (Å²) in [4.78, 5) is 14.1. The van der Waals surface area contributed by atoms with Gasteiger partial charge in [-0.3, -0.25) is 4.79 Å². The molecule has 27 heavy (non-hydrogen) atoms. The van der Waals surface area contributed by atoms with Crippen molar-refractivity contribution in [3.05, 3.63) is 64.1 Å². The Morgan fingerprint density at radius 3 is 2.56 bits per heavy atom. The minimum Gasteiger partial charge on any atom is -0.309 e. The van der Waals surface area contributed by atoms with Crippen molar-refractivity contribution in [3.63, 3.8) is 0 Å². The fourth-order valence-corrected chi connectivity index (χ4v) is 5.00. The average Bonchev–Trinajstić information content (AvgIpc) is 2.78. The Morgan fingerprint density at radius 2 is 1.93 bits per heavy atom. The number of rotatable bonds is 4. The van der Waals surface area contributed by atoms with Gasteiger partial charge in [-0.2, -0.15) is 4.31 Å². The van der Waals surface area contributed by atoms with Crippen LogP contribution in [0.1, 0.15) is 11.1 Å². The molecule has 144 valence electrons. The van der Waals surface area contributed by atoms with E-state index in [1.54, 1.807) is 4.90 Å². The van der Waals surface area contributed by atoms with Crippen molar-refractivity contribution in [2.75, 3.05) is 23.6 Å². The number of amides is 1. The molecule has 3 rings (SSSR count). The minimum absolute atomic E-state index is 0.160. The highest BCUT2D eigenvalue weighted by molar-refractivity contribution is 9.10. The molecule has 0 N–H and O–H groups in total. The number of nitrogens with zero attached hydrogens (tertiary/aromatic N) is 2. The number of carbonyl (C=O) groups excluding carboxylic acids is 1. The number of fused-ring (bicyclic) bond motifs is 1. The van der Waals surface area contributed by atoms with Crippen LogP contribution in [0.2, 0.25) is 0 Å². The van der Waals surface area contributed by atoms with Gasteiger partial charge in [0.25, 0.3) is 0 Å². The first-order valence-electron chi connectivity index (χ1n) is 8.45. The van der Waals surface area contributed by atoms with E-state index in [4.69, 9.17) is 11.6 Å². The fraction of sp³-hybridized carbons (Fsp3) is 0.316. The highest BCUT2D eigenvalue weighted by Gasteiger charge is 2.35. The van der Waals surface area contributed by atoms with Crippen LogP contribution in [0.4, 0.5) is 5.69 Å². The molecule has 1 aliphatic rings. The molecule has 1 atom stereocenters. The standard InChI is InChI=1S/C19H20BrClN2O3S/c1-27(25,26)23-12-15-10-16(20)7-8-18(15)22(19(24)11-21)13-17(23)9-14-5-3-2-4-6-14/h2-8,10,17H,9,11-13H2,1H3. The maximum absolute atomic E-state index is 12.6. The molecule has 1 heterocycles. The maximum atomic E-state index is 12.6. The second-order valence-corrected chi connectivity index (χ2v) is 9.68. The molecule has 8 heteroatoms. The number of benzene rings is 2. The predicted molar refractivity (Wildman–Crippen MR) is 112 cm³/mol. The van der Waals surface area contributed by atoms with Crippen molar-refractivity contribution in [1.29, 1.82) is 0 Å². The second-order valence-electron chi connectivity index (χ2n) is 6.56. The molecule has 0 bridgehead atoms. The fourth-order valence-electron chi connectivity index (χ4n) is 3.39. The SMILES string of the molecule is CS(=O)(=O)N1Cc2cc(Br)ccc2N(C(=O)CCl)CC1Cc1ccccc1. The molecule has 1 aliphatic heterocycles. The zero-order valence-corrected chi connectivity index (χ0v) is 18.0. The van der Waals surface area contributed by atoms with Gasteiger partial charge in [-0.25, -0.2) is 8.42 Å². The zero-order valence-electron chi connectivity index (χ0n) is 14.8. The molecule has 0 spiro atoms. The van der Waals surface area contributed by atoms with Crippen molar-refractivity contribution in [1.82, 2.24) is 4.31 Å². The Bertz CT molecular complexity index is 937. The van der Waals surface area contributed by atoms with E-state index in [0.717, 1.165) is 15.6 Å². The van der Waals surface area contributed by atoms with Crippen LogP contribution in [-0.4, -0.2) is 43.4 Å². The van der Waals surface area contributed by atoms with Gasteiger partial charge in [0.1, 0.15) is 5.88 Å². The number of anilines is 1. The summed E-state index contributed by atoms with van der Waals surface area (Å²) in [5, 5.41) is 0. The van der Waals surface area contributed by atoms with E-state index < -0.39 is 10.0 Å². The largest absolute Gasteiger partial charge is 0.309 e. The van der Waals surface area contributed by atoms with Gasteiger partial charge in [0.05, 0.1) is 6.26 Å². The normalized spacial score (nSPS) is 18.0. The summed E-state index contributed by atoms with van der Waals surface area (Å²) < 4.78 is 27.4. The summed E-state index contributed by atoms with van der Waals surface area (Å²) in [6.45, 7) is 0.458. The third-order valence-electron chi connectivity index (χ3n) is 4.61. The van der Waals surface area contributed by atoms with E-state index in [1.165, 1.54) is 10.6 Å². The van der Waals surface area contributed by atoms with Crippen LogP contribution in [0.25, 0.3) is 0 Å². The Hall–Kier alpha value is -1.41. The molecular formula is C19H20BrClN2O3S. The Kier molecular flexibility index (Phi) is 6.25. The molecule has 0 saturated heterocycles. The van der Waals surface area contributed by atoms with Gasteiger partial charge >= 0.3 is 0 Å². The monoisotopic (exact) mass is 470 g/mol. The molecule has 2 aromatic carbocycles. The van der Waals surface area contributed by atoms with E-state index in [0.29, 0.717) is 12.1 Å². The molecule has 0 saturated carbocycles. The van der Waals surface area contributed by atoms with E-state index in [-0.39, 0.29) is 30.9 Å². The van der Waals surface area contributed by atoms with Gasteiger partial charge in [0.15, 0.2) is 0 Å². The first-order valence-corrected chi connectivity index (χ1v) is 11.6. The molecule has 1 unspecified atom stereocenters. The van der Waals surface area contributed by atoms with Crippen LogP contribution in [-0.2, 0) is 27.8 Å². The topological polar surface area (TPSA) is 57.7 Å². The molecule has 0 aromatic heterocycles. The lowest BCUT2D eigenvalue weighted by Crippen LogP contribution is -2.47. The van der Waals surface area contributed by atoms with E-state index >= 15 is 0 Å². The summed E-state index contributed by atoms with van der Waals surface area (Å²) in [6.07, 6.45) is 1.72. The van der Waals surface area contributed by atoms with E-state index in [2.05, 4.69) is 15.9 Å². The van der Waals surface area contributed by atoms with E-state index in [1.807, 2.05) is 48.5 Å². The summed E-state index contributed by atoms with van der Waals surface area (Å²) >= 11 is 9.27. The lowest BCUT2D eigenvalue weighted by atomic mass is 10.1. The van der Waals surface area contributed by atoms with Gasteiger partial charge < -0.3 is 4.90 Å². The van der Waals surface area contributed by atoms with Crippen LogP contribution in [0, 0.1) is 0 Å². The molecule has 2 aromatic rings. The molecule has 1 amide bonds. The highest BCUT2D eigenvalue weighted by Crippen LogP contribution is 2.32. The van der Waals surface area contributed by atoms with Crippen molar-refractivity contribution < 1.29 is 13.2 Å². The maximum Gasteiger partial charge on any atom is 0.241 e. The van der Waals surface area contributed by atoms with Crippen LogP contribution in [0.5, 0.6) is 0 Å². The van der Waals surface area contributed by atoms with Gasteiger partial charge in [-0.1, -0.05) is 46.3 Å². The average molecular weight is 472 g/mol.